The van der Waals surface area contributed by atoms with Crippen molar-refractivity contribution in [2.45, 2.75) is 44.9 Å². The number of carbonyl (C=O) groups is 2. The molecule has 1 N–H and O–H groups in total. The molecule has 0 saturated heterocycles. The van der Waals surface area contributed by atoms with Crippen LogP contribution in [0.25, 0.3) is 0 Å². The maximum atomic E-state index is 11.8. The van der Waals surface area contributed by atoms with Gasteiger partial charge in [0.15, 0.2) is 0 Å². The van der Waals surface area contributed by atoms with Crippen molar-refractivity contribution >= 4 is 23.7 Å². The van der Waals surface area contributed by atoms with Gasteiger partial charge in [-0.1, -0.05) is 49.9 Å². The maximum Gasteiger partial charge on any atom is 0.410 e. The van der Waals surface area contributed by atoms with Gasteiger partial charge in [-0.05, 0) is 36.5 Å². The highest BCUT2D eigenvalue weighted by molar-refractivity contribution is 6.30. The molecule has 2 rings (SSSR count). The first kappa shape index (κ1) is 18.6. The highest BCUT2D eigenvalue weighted by Gasteiger charge is 2.22. The van der Waals surface area contributed by atoms with E-state index in [1.807, 2.05) is 31.2 Å². The topological polar surface area (TPSA) is 64.6 Å². The quantitative estimate of drug-likeness (QED) is 0.613. The van der Waals surface area contributed by atoms with E-state index in [0.29, 0.717) is 11.6 Å². The van der Waals surface area contributed by atoms with Crippen molar-refractivity contribution in [3.05, 3.63) is 34.9 Å². The molecule has 1 aromatic rings. The van der Waals surface area contributed by atoms with Crippen LogP contribution in [0.1, 0.15) is 50.5 Å². The number of nitrogens with one attached hydrogen (secondary N) is 1. The molecule has 1 atom stereocenters. The summed E-state index contributed by atoms with van der Waals surface area (Å²) < 4.78 is 9.91. The van der Waals surface area contributed by atoms with Crippen LogP contribution >= 0.6 is 11.6 Å². The van der Waals surface area contributed by atoms with E-state index in [4.69, 9.17) is 21.1 Å². The van der Waals surface area contributed by atoms with Crippen LogP contribution in [-0.4, -0.2) is 25.4 Å². The smallest absolute Gasteiger partial charge is 0.410 e. The van der Waals surface area contributed by atoms with Crippen molar-refractivity contribution in [2.24, 2.45) is 5.92 Å². The molecule has 1 aliphatic carbocycles. The first-order valence-electron chi connectivity index (χ1n) is 8.39. The van der Waals surface area contributed by atoms with Crippen molar-refractivity contribution < 1.29 is 19.1 Å². The number of halogens is 1. The summed E-state index contributed by atoms with van der Waals surface area (Å²) in [5.74, 6) is -0.188. The van der Waals surface area contributed by atoms with Crippen LogP contribution in [0.2, 0.25) is 5.02 Å². The molecule has 6 heteroatoms. The molecule has 0 aliphatic heterocycles. The van der Waals surface area contributed by atoms with Gasteiger partial charge in [0.05, 0.1) is 5.92 Å². The van der Waals surface area contributed by atoms with Gasteiger partial charge in [-0.25, -0.2) is 4.79 Å². The van der Waals surface area contributed by atoms with E-state index in [-0.39, 0.29) is 24.6 Å². The summed E-state index contributed by atoms with van der Waals surface area (Å²) in [7, 11) is 0. The molecule has 24 heavy (non-hydrogen) atoms. The first-order valence-corrected chi connectivity index (χ1v) is 8.77. The summed E-state index contributed by atoms with van der Waals surface area (Å²) in [5, 5.41) is 3.34. The van der Waals surface area contributed by atoms with Crippen molar-refractivity contribution in [3.8, 4) is 0 Å². The Bertz CT molecular complexity index is 540. The van der Waals surface area contributed by atoms with Gasteiger partial charge in [0.25, 0.3) is 0 Å². The number of rotatable bonds is 6. The van der Waals surface area contributed by atoms with Crippen LogP contribution < -0.4 is 5.32 Å². The third-order valence-corrected chi connectivity index (χ3v) is 4.57. The molecular weight excluding hydrogens is 330 g/mol. The number of ether oxygens (including phenoxy) is 2. The van der Waals surface area contributed by atoms with Gasteiger partial charge in [0, 0.05) is 11.6 Å². The molecule has 1 amide bonds. The number of hydrogen-bond acceptors (Lipinski definition) is 4. The SMILES string of the molecule is C[C@@H](CNC(=O)OCOC(=O)C1CCCCC1)c1ccc(Cl)cc1. The third kappa shape index (κ3) is 6.04. The van der Waals surface area contributed by atoms with Crippen molar-refractivity contribution in [3.63, 3.8) is 0 Å². The summed E-state index contributed by atoms with van der Waals surface area (Å²) in [6.07, 6.45) is 4.43. The van der Waals surface area contributed by atoms with Crippen LogP contribution in [0, 0.1) is 5.92 Å². The molecule has 132 valence electrons. The Morgan fingerprint density at radius 3 is 2.50 bits per heavy atom. The normalized spacial score (nSPS) is 16.2. The molecule has 0 bridgehead atoms. The van der Waals surface area contributed by atoms with E-state index in [9.17, 15) is 9.59 Å². The highest BCUT2D eigenvalue weighted by Crippen LogP contribution is 2.24. The van der Waals surface area contributed by atoms with Gasteiger partial charge in [-0.2, -0.15) is 0 Å². The van der Waals surface area contributed by atoms with E-state index in [2.05, 4.69) is 5.32 Å². The lowest BCUT2D eigenvalue weighted by Crippen LogP contribution is -2.30. The van der Waals surface area contributed by atoms with Gasteiger partial charge in [-0.3, -0.25) is 4.79 Å². The fraction of sp³-hybridized carbons (Fsp3) is 0.556. The van der Waals surface area contributed by atoms with Crippen molar-refractivity contribution in [1.82, 2.24) is 5.32 Å². The molecule has 5 nitrogen and oxygen atoms in total. The van der Waals surface area contributed by atoms with Crippen LogP contribution in [-0.2, 0) is 14.3 Å². The maximum absolute atomic E-state index is 11.8. The molecule has 0 heterocycles. The van der Waals surface area contributed by atoms with Crippen LogP contribution in [0.5, 0.6) is 0 Å². The summed E-state index contributed by atoms with van der Waals surface area (Å²) >= 11 is 5.85. The monoisotopic (exact) mass is 353 g/mol. The number of benzene rings is 1. The van der Waals surface area contributed by atoms with E-state index in [1.165, 1.54) is 6.42 Å². The number of carbonyl (C=O) groups excluding carboxylic acids is 2. The first-order chi connectivity index (χ1) is 11.6. The molecule has 0 unspecified atom stereocenters. The Labute approximate surface area is 147 Å². The van der Waals surface area contributed by atoms with Gasteiger partial charge < -0.3 is 14.8 Å². The minimum Gasteiger partial charge on any atom is -0.428 e. The molecule has 0 spiro atoms. The Morgan fingerprint density at radius 2 is 1.83 bits per heavy atom. The standard InChI is InChI=1S/C18H24ClNO4/c1-13(14-7-9-16(19)10-8-14)11-20-18(22)24-12-23-17(21)15-5-3-2-4-6-15/h7-10,13,15H,2-6,11-12H2,1H3,(H,20,22)/t13-/m0/s1. The Kier molecular flexibility index (Phi) is 7.37. The summed E-state index contributed by atoms with van der Waals surface area (Å²) in [5.41, 5.74) is 1.07. The number of esters is 1. The Balaban J connectivity index is 1.62. The largest absolute Gasteiger partial charge is 0.428 e. The Hall–Kier alpha value is -1.75. The molecule has 1 aromatic carbocycles. The molecule has 1 aliphatic rings. The van der Waals surface area contributed by atoms with Crippen LogP contribution in [0.15, 0.2) is 24.3 Å². The summed E-state index contributed by atoms with van der Waals surface area (Å²) in [4.78, 5) is 23.5. The zero-order chi connectivity index (χ0) is 17.4. The molecule has 1 fully saturated rings. The average Bonchev–Trinajstić information content (AvgIpc) is 2.61. The lowest BCUT2D eigenvalue weighted by atomic mass is 9.89. The molecular formula is C18H24ClNO4. The van der Waals surface area contributed by atoms with E-state index >= 15 is 0 Å². The lowest BCUT2D eigenvalue weighted by Gasteiger charge is -2.19. The van der Waals surface area contributed by atoms with Gasteiger partial charge >= 0.3 is 12.1 Å². The van der Waals surface area contributed by atoms with E-state index in [1.54, 1.807) is 0 Å². The average molecular weight is 354 g/mol. The minimum atomic E-state index is -0.591. The predicted molar refractivity (Wildman–Crippen MR) is 91.9 cm³/mol. The molecule has 1 saturated carbocycles. The lowest BCUT2D eigenvalue weighted by molar-refractivity contribution is -0.157. The van der Waals surface area contributed by atoms with E-state index < -0.39 is 6.09 Å². The second kappa shape index (κ2) is 9.52. The second-order valence-corrected chi connectivity index (χ2v) is 6.62. The minimum absolute atomic E-state index is 0.0460. The zero-order valence-corrected chi connectivity index (χ0v) is 14.7. The third-order valence-electron chi connectivity index (χ3n) is 4.32. The number of amides is 1. The fourth-order valence-corrected chi connectivity index (χ4v) is 2.92. The predicted octanol–water partition coefficient (Wildman–Crippen LogP) is 4.25. The Morgan fingerprint density at radius 1 is 1.17 bits per heavy atom. The van der Waals surface area contributed by atoms with Gasteiger partial charge in [0.2, 0.25) is 6.79 Å². The fourth-order valence-electron chi connectivity index (χ4n) is 2.79. The van der Waals surface area contributed by atoms with E-state index in [0.717, 1.165) is 31.2 Å². The summed E-state index contributed by atoms with van der Waals surface area (Å²) in [6, 6.07) is 7.48. The van der Waals surface area contributed by atoms with Crippen molar-refractivity contribution in [2.75, 3.05) is 13.3 Å². The second-order valence-electron chi connectivity index (χ2n) is 6.18. The van der Waals surface area contributed by atoms with Crippen molar-refractivity contribution in [1.29, 1.82) is 0 Å². The highest BCUT2D eigenvalue weighted by atomic mass is 35.5. The summed E-state index contributed by atoms with van der Waals surface area (Å²) in [6.45, 7) is 2.08. The van der Waals surface area contributed by atoms with Gasteiger partial charge in [-0.15, -0.1) is 0 Å². The number of alkyl carbamates (subject to hydrolysis) is 1. The van der Waals surface area contributed by atoms with Crippen LogP contribution in [0.4, 0.5) is 4.79 Å². The molecule has 0 radical (unpaired) electrons. The van der Waals surface area contributed by atoms with Crippen LogP contribution in [0.3, 0.4) is 0 Å². The molecule has 0 aromatic heterocycles. The van der Waals surface area contributed by atoms with Gasteiger partial charge in [0.1, 0.15) is 0 Å². The zero-order valence-electron chi connectivity index (χ0n) is 13.9. The number of hydrogen-bond donors (Lipinski definition) is 1.